The molecule has 0 spiro atoms. The summed E-state index contributed by atoms with van der Waals surface area (Å²) in [5.74, 6) is 0.109. The number of hydrogen-bond donors (Lipinski definition) is 2. The monoisotopic (exact) mass is 634 g/mol. The maximum Gasteiger partial charge on any atom is 0.267 e. The largest absolute Gasteiger partial charge is 0.473 e. The third kappa shape index (κ3) is 9.14. The number of nitrogens with zero attached hydrogens (tertiary/aromatic N) is 2. The minimum absolute atomic E-state index is 0.00254. The van der Waals surface area contributed by atoms with Crippen molar-refractivity contribution in [2.75, 3.05) is 18.6 Å². The maximum absolute atomic E-state index is 13.9. The maximum atomic E-state index is 13.9. The second kappa shape index (κ2) is 16.5. The topological polar surface area (TPSA) is 119 Å². The molecule has 0 amide bonds. The van der Waals surface area contributed by atoms with Crippen molar-refractivity contribution in [2.24, 2.45) is 0 Å². The minimum atomic E-state index is -4.05. The molecule has 1 aromatic heterocycles. The number of fused-ring (bicyclic) bond motifs is 1. The number of aryl methyl sites for hydroxylation is 1. The van der Waals surface area contributed by atoms with Crippen molar-refractivity contribution in [3.63, 3.8) is 0 Å². The van der Waals surface area contributed by atoms with E-state index in [4.69, 9.17) is 4.74 Å². The van der Waals surface area contributed by atoms with Crippen LogP contribution in [0.2, 0.25) is 0 Å². The summed E-state index contributed by atoms with van der Waals surface area (Å²) < 4.78 is 37.5. The van der Waals surface area contributed by atoms with Gasteiger partial charge in [0.15, 0.2) is 18.3 Å². The van der Waals surface area contributed by atoms with Gasteiger partial charge in [-0.3, -0.25) is 14.2 Å². The number of hydrogen-bond acceptors (Lipinski definition) is 7. The summed E-state index contributed by atoms with van der Waals surface area (Å²) in [5.41, 5.74) is 1.47. The number of allylic oxidation sites excluding steroid dienone is 1. The summed E-state index contributed by atoms with van der Waals surface area (Å²) in [7, 11) is -4.05. The lowest BCUT2D eigenvalue weighted by Crippen LogP contribution is -2.31. The molecule has 1 aliphatic rings. The first-order chi connectivity index (χ1) is 21.7. The standard InChI is InChI=1S/C35H46N4O5S/c1-4-5-6-7-8-9-10-11-12-16-23-37-45(42,43)32-30(28-17-14-13-15-18-28)24-39-34(32)38-33(31(27(3)40)35(39)41)36-25-44-29-21-19-26(2)20-22-29/h13-15,17-22,36-37H,4-12,16,23-25H2,1-3H3. The molecular formula is C35H46N4O5S. The Labute approximate surface area is 267 Å². The lowest BCUT2D eigenvalue weighted by Gasteiger charge is -2.15. The first kappa shape index (κ1) is 34.1. The summed E-state index contributed by atoms with van der Waals surface area (Å²) in [6, 6.07) is 16.5. The highest BCUT2D eigenvalue weighted by atomic mass is 32.2. The van der Waals surface area contributed by atoms with Crippen LogP contribution < -0.4 is 20.3 Å². The van der Waals surface area contributed by atoms with E-state index in [2.05, 4.69) is 21.9 Å². The van der Waals surface area contributed by atoms with Gasteiger partial charge < -0.3 is 10.1 Å². The molecule has 3 aromatic rings. The molecule has 0 unspecified atom stereocenters. The molecule has 10 heteroatoms. The average molecular weight is 635 g/mol. The number of ketones is 1. The first-order valence-corrected chi connectivity index (χ1v) is 17.6. The summed E-state index contributed by atoms with van der Waals surface area (Å²) in [6.07, 6.45) is 11.5. The van der Waals surface area contributed by atoms with E-state index in [9.17, 15) is 18.0 Å². The van der Waals surface area contributed by atoms with Gasteiger partial charge in [-0.2, -0.15) is 0 Å². The van der Waals surface area contributed by atoms with Crippen LogP contribution in [-0.2, 0) is 16.6 Å². The quantitative estimate of drug-likeness (QED) is 0.0834. The van der Waals surface area contributed by atoms with E-state index < -0.39 is 21.4 Å². The van der Waals surface area contributed by atoms with Gasteiger partial charge in [-0.25, -0.2) is 18.1 Å². The van der Waals surface area contributed by atoms with Crippen molar-refractivity contribution in [1.29, 1.82) is 0 Å². The molecule has 0 fully saturated rings. The Hall–Kier alpha value is -3.76. The van der Waals surface area contributed by atoms with Crippen LogP contribution in [0.15, 0.2) is 59.4 Å². The normalized spacial score (nSPS) is 12.8. The second-order valence-corrected chi connectivity index (χ2v) is 13.3. The van der Waals surface area contributed by atoms with Gasteiger partial charge in [0.25, 0.3) is 5.56 Å². The lowest BCUT2D eigenvalue weighted by molar-refractivity contribution is 0.101. The summed E-state index contributed by atoms with van der Waals surface area (Å²) in [5, 5.41) is 2.94. The van der Waals surface area contributed by atoms with E-state index >= 15 is 0 Å². The molecule has 0 atom stereocenters. The smallest absolute Gasteiger partial charge is 0.267 e. The van der Waals surface area contributed by atoms with Gasteiger partial charge in [-0.15, -0.1) is 0 Å². The fourth-order valence-electron chi connectivity index (χ4n) is 5.54. The molecule has 0 saturated heterocycles. The fraction of sp³-hybridized carbons (Fsp3) is 0.457. The highest BCUT2D eigenvalue weighted by molar-refractivity contribution is 7.99. The van der Waals surface area contributed by atoms with Crippen LogP contribution in [-0.4, -0.2) is 37.0 Å². The zero-order valence-electron chi connectivity index (χ0n) is 26.7. The van der Waals surface area contributed by atoms with Gasteiger partial charge in [0.2, 0.25) is 10.0 Å². The van der Waals surface area contributed by atoms with Gasteiger partial charge in [-0.05, 0) is 38.0 Å². The van der Waals surface area contributed by atoms with E-state index in [0.717, 1.165) is 31.2 Å². The predicted octanol–water partition coefficient (Wildman–Crippen LogP) is 6.92. The van der Waals surface area contributed by atoms with E-state index in [1.54, 1.807) is 0 Å². The van der Waals surface area contributed by atoms with Gasteiger partial charge in [0.05, 0.1) is 6.54 Å². The molecule has 242 valence electrons. The van der Waals surface area contributed by atoms with Gasteiger partial charge in [0, 0.05) is 12.1 Å². The molecule has 2 heterocycles. The molecule has 0 bridgehead atoms. The molecule has 0 saturated carbocycles. The number of ether oxygens (including phenoxy) is 1. The van der Waals surface area contributed by atoms with E-state index in [1.807, 2.05) is 61.5 Å². The highest BCUT2D eigenvalue weighted by Gasteiger charge is 2.36. The molecule has 0 radical (unpaired) electrons. The Kier molecular flexibility index (Phi) is 12.5. The number of rotatable bonds is 19. The molecule has 1 aliphatic heterocycles. The van der Waals surface area contributed by atoms with E-state index in [0.29, 0.717) is 16.9 Å². The van der Waals surface area contributed by atoms with Gasteiger partial charge in [0.1, 0.15) is 22.0 Å². The van der Waals surface area contributed by atoms with Crippen LogP contribution in [0.4, 0.5) is 5.82 Å². The van der Waals surface area contributed by atoms with Gasteiger partial charge in [-0.1, -0.05) is 113 Å². The number of unbranched alkanes of at least 4 members (excludes halogenated alkanes) is 9. The first-order valence-electron chi connectivity index (χ1n) is 16.1. The Morgan fingerprint density at radius 1 is 0.911 bits per heavy atom. The van der Waals surface area contributed by atoms with Crippen molar-refractivity contribution in [3.8, 4) is 5.75 Å². The molecule has 2 N–H and O–H groups in total. The van der Waals surface area contributed by atoms with Crippen LogP contribution in [0.25, 0.3) is 10.5 Å². The molecule has 0 aliphatic carbocycles. The number of nitrogens with one attached hydrogen (secondary N) is 2. The second-order valence-electron chi connectivity index (χ2n) is 11.6. The number of anilines is 1. The molecular weight excluding hydrogens is 588 g/mol. The number of carbonyl (C=O) groups is 1. The highest BCUT2D eigenvalue weighted by Crippen LogP contribution is 2.36. The number of aromatic nitrogens is 2. The van der Waals surface area contributed by atoms with Crippen LogP contribution in [0.1, 0.15) is 105 Å². The Bertz CT molecular complexity index is 1630. The van der Waals surface area contributed by atoms with Crippen molar-refractivity contribution in [1.82, 2.24) is 14.3 Å². The zero-order chi connectivity index (χ0) is 32.2. The third-order valence-corrected chi connectivity index (χ3v) is 9.58. The minimum Gasteiger partial charge on any atom is -0.473 e. The zero-order valence-corrected chi connectivity index (χ0v) is 27.5. The summed E-state index contributed by atoms with van der Waals surface area (Å²) >= 11 is 0. The van der Waals surface area contributed by atoms with Crippen molar-refractivity contribution in [3.05, 3.63) is 87.5 Å². The number of sulfonamides is 1. The Morgan fingerprint density at radius 2 is 1.53 bits per heavy atom. The Morgan fingerprint density at radius 3 is 2.16 bits per heavy atom. The summed E-state index contributed by atoms with van der Waals surface area (Å²) in [4.78, 5) is 30.9. The predicted molar refractivity (Wildman–Crippen MR) is 181 cm³/mol. The van der Waals surface area contributed by atoms with Crippen LogP contribution in [0, 0.1) is 6.92 Å². The van der Waals surface area contributed by atoms with E-state index in [-0.39, 0.29) is 41.9 Å². The summed E-state index contributed by atoms with van der Waals surface area (Å²) in [6.45, 7) is 5.68. The van der Waals surface area contributed by atoms with Crippen LogP contribution in [0.3, 0.4) is 0 Å². The molecule has 9 nitrogen and oxygen atoms in total. The SMILES string of the molecule is CCCCCCCCCCCCNS(=O)(=O)C1=C(c2ccccc2)Cn2c1nc(NCOc1ccc(C)cc1)c(C(C)=O)c2=O. The number of carbonyl (C=O) groups excluding carboxylic acids is 1. The molecule has 45 heavy (non-hydrogen) atoms. The fourth-order valence-corrected chi connectivity index (χ4v) is 7.00. The molecule has 4 rings (SSSR count). The average Bonchev–Trinajstić information content (AvgIpc) is 3.42. The van der Waals surface area contributed by atoms with Crippen LogP contribution in [0.5, 0.6) is 5.75 Å². The number of Topliss-reactive ketones (excluding diaryl/α,β-unsaturated/α-hetero) is 1. The van der Waals surface area contributed by atoms with Crippen LogP contribution >= 0.6 is 0 Å². The van der Waals surface area contributed by atoms with Gasteiger partial charge >= 0.3 is 0 Å². The Balaban J connectivity index is 1.52. The van der Waals surface area contributed by atoms with Crippen molar-refractivity contribution < 1.29 is 17.9 Å². The van der Waals surface area contributed by atoms with E-state index in [1.165, 1.54) is 50.0 Å². The third-order valence-electron chi connectivity index (χ3n) is 8.03. The lowest BCUT2D eigenvalue weighted by atomic mass is 10.1. The van der Waals surface area contributed by atoms with Crippen molar-refractivity contribution in [2.45, 2.75) is 91.5 Å². The molecule has 2 aromatic carbocycles. The van der Waals surface area contributed by atoms with Crippen molar-refractivity contribution >= 4 is 32.1 Å². The number of benzene rings is 2.